The Bertz CT molecular complexity index is 521. The summed E-state index contributed by atoms with van der Waals surface area (Å²) in [5.41, 5.74) is 0.892. The molecule has 0 saturated carbocycles. The van der Waals surface area contributed by atoms with Crippen LogP contribution in [0.2, 0.25) is 0 Å². The SMILES string of the molecule is Cc1cccc(S(=O)(=O)N[C@@H]2CCNC[C@H]2O)c1.Cl. The molecule has 1 saturated heterocycles. The number of sulfonamides is 1. The van der Waals surface area contributed by atoms with Crippen molar-refractivity contribution in [2.45, 2.75) is 30.4 Å². The van der Waals surface area contributed by atoms with Crippen LogP contribution in [-0.2, 0) is 10.0 Å². The van der Waals surface area contributed by atoms with Crippen LogP contribution in [0.3, 0.4) is 0 Å². The normalized spacial score (nSPS) is 23.7. The molecule has 0 unspecified atom stereocenters. The molecule has 1 aliphatic rings. The third kappa shape index (κ3) is 4.15. The quantitative estimate of drug-likeness (QED) is 0.756. The van der Waals surface area contributed by atoms with Crippen molar-refractivity contribution in [3.63, 3.8) is 0 Å². The first-order chi connectivity index (χ1) is 8.49. The van der Waals surface area contributed by atoms with Crippen molar-refractivity contribution in [3.8, 4) is 0 Å². The van der Waals surface area contributed by atoms with Crippen LogP contribution in [0, 0.1) is 6.92 Å². The molecule has 0 bridgehead atoms. The fraction of sp³-hybridized carbons (Fsp3) is 0.500. The Morgan fingerprint density at radius 3 is 2.79 bits per heavy atom. The molecular formula is C12H19ClN2O3S. The van der Waals surface area contributed by atoms with Crippen molar-refractivity contribution in [1.29, 1.82) is 0 Å². The Kier molecular flexibility index (Phi) is 5.76. The molecule has 0 radical (unpaired) electrons. The van der Waals surface area contributed by atoms with Gasteiger partial charge >= 0.3 is 0 Å². The van der Waals surface area contributed by atoms with Gasteiger partial charge in [0.1, 0.15) is 0 Å². The van der Waals surface area contributed by atoms with E-state index in [1.165, 1.54) is 0 Å². The Hall–Kier alpha value is -0.660. The largest absolute Gasteiger partial charge is 0.390 e. The van der Waals surface area contributed by atoms with Crippen molar-refractivity contribution in [2.75, 3.05) is 13.1 Å². The Morgan fingerprint density at radius 2 is 2.16 bits per heavy atom. The van der Waals surface area contributed by atoms with Crippen LogP contribution in [0.25, 0.3) is 0 Å². The van der Waals surface area contributed by atoms with Gasteiger partial charge in [-0.25, -0.2) is 13.1 Å². The molecule has 7 heteroatoms. The second-order valence-electron chi connectivity index (χ2n) is 4.60. The zero-order valence-electron chi connectivity index (χ0n) is 10.7. The average Bonchev–Trinajstić information content (AvgIpc) is 2.32. The van der Waals surface area contributed by atoms with Crippen molar-refractivity contribution in [1.82, 2.24) is 10.0 Å². The third-order valence-corrected chi connectivity index (χ3v) is 4.54. The summed E-state index contributed by atoms with van der Waals surface area (Å²) in [7, 11) is -3.55. The van der Waals surface area contributed by atoms with Gasteiger partial charge in [-0.15, -0.1) is 12.4 Å². The molecule has 1 aromatic rings. The van der Waals surface area contributed by atoms with Crippen molar-refractivity contribution < 1.29 is 13.5 Å². The molecule has 2 atom stereocenters. The van der Waals surface area contributed by atoms with E-state index in [9.17, 15) is 13.5 Å². The molecule has 3 N–H and O–H groups in total. The number of aryl methyl sites for hydroxylation is 1. The molecule has 5 nitrogen and oxygen atoms in total. The fourth-order valence-corrected chi connectivity index (χ4v) is 3.44. The van der Waals surface area contributed by atoms with Crippen LogP contribution in [0.1, 0.15) is 12.0 Å². The first-order valence-corrected chi connectivity index (χ1v) is 7.45. The van der Waals surface area contributed by atoms with Gasteiger partial charge in [-0.05, 0) is 37.6 Å². The number of hydrogen-bond acceptors (Lipinski definition) is 4. The highest BCUT2D eigenvalue weighted by Gasteiger charge is 2.27. The monoisotopic (exact) mass is 306 g/mol. The van der Waals surface area contributed by atoms with Crippen LogP contribution in [0.5, 0.6) is 0 Å². The summed E-state index contributed by atoms with van der Waals surface area (Å²) in [5, 5.41) is 12.8. The Morgan fingerprint density at radius 1 is 1.42 bits per heavy atom. The van der Waals surface area contributed by atoms with Crippen molar-refractivity contribution >= 4 is 22.4 Å². The van der Waals surface area contributed by atoms with Gasteiger partial charge in [-0.1, -0.05) is 12.1 Å². The van der Waals surface area contributed by atoms with E-state index >= 15 is 0 Å². The molecule has 0 amide bonds. The molecule has 108 valence electrons. The van der Waals surface area contributed by atoms with Crippen molar-refractivity contribution in [3.05, 3.63) is 29.8 Å². The number of benzene rings is 1. The lowest BCUT2D eigenvalue weighted by atomic mass is 10.1. The second kappa shape index (κ2) is 6.67. The third-order valence-electron chi connectivity index (χ3n) is 3.06. The molecule has 0 aromatic heterocycles. The minimum absolute atomic E-state index is 0. The maximum absolute atomic E-state index is 12.2. The summed E-state index contributed by atoms with van der Waals surface area (Å²) in [6.45, 7) is 2.97. The van der Waals surface area contributed by atoms with Gasteiger partial charge in [0, 0.05) is 6.54 Å². The van der Waals surface area contributed by atoms with E-state index < -0.39 is 22.2 Å². The number of hydrogen-bond donors (Lipinski definition) is 3. The van der Waals surface area contributed by atoms with Gasteiger partial charge in [-0.2, -0.15) is 0 Å². The molecule has 19 heavy (non-hydrogen) atoms. The van der Waals surface area contributed by atoms with E-state index in [4.69, 9.17) is 0 Å². The molecule has 2 rings (SSSR count). The summed E-state index contributed by atoms with van der Waals surface area (Å²) in [6.07, 6.45) is -0.0926. The standard InChI is InChI=1S/C12H18N2O3S.ClH/c1-9-3-2-4-10(7-9)18(16,17)14-11-5-6-13-8-12(11)15;/h2-4,7,11-15H,5-6,8H2,1H3;1H/t11-,12-;/m1./s1. The van der Waals surface area contributed by atoms with Crippen LogP contribution in [0.15, 0.2) is 29.2 Å². The first kappa shape index (κ1) is 16.4. The predicted octanol–water partition coefficient (Wildman–Crippen LogP) is 0.418. The highest BCUT2D eigenvalue weighted by molar-refractivity contribution is 7.89. The number of aliphatic hydroxyl groups excluding tert-OH is 1. The van der Waals surface area contributed by atoms with E-state index in [2.05, 4.69) is 10.0 Å². The Balaban J connectivity index is 0.00000180. The summed E-state index contributed by atoms with van der Waals surface area (Å²) in [5.74, 6) is 0. The van der Waals surface area contributed by atoms with Gasteiger partial charge < -0.3 is 10.4 Å². The lowest BCUT2D eigenvalue weighted by Crippen LogP contribution is -2.52. The lowest BCUT2D eigenvalue weighted by molar-refractivity contribution is 0.113. The predicted molar refractivity (Wildman–Crippen MR) is 76.0 cm³/mol. The van der Waals surface area contributed by atoms with Crippen LogP contribution >= 0.6 is 12.4 Å². The van der Waals surface area contributed by atoms with Crippen LogP contribution < -0.4 is 10.0 Å². The number of rotatable bonds is 3. The van der Waals surface area contributed by atoms with E-state index in [-0.39, 0.29) is 17.3 Å². The van der Waals surface area contributed by atoms with Crippen LogP contribution in [0.4, 0.5) is 0 Å². The van der Waals surface area contributed by atoms with Gasteiger partial charge in [0.25, 0.3) is 0 Å². The van der Waals surface area contributed by atoms with Gasteiger partial charge in [-0.3, -0.25) is 0 Å². The molecule has 1 fully saturated rings. The molecular weight excluding hydrogens is 288 g/mol. The average molecular weight is 307 g/mol. The summed E-state index contributed by atoms with van der Waals surface area (Å²) >= 11 is 0. The zero-order chi connectivity index (χ0) is 13.2. The summed E-state index contributed by atoms with van der Waals surface area (Å²) < 4.78 is 26.9. The van der Waals surface area contributed by atoms with Crippen molar-refractivity contribution in [2.24, 2.45) is 0 Å². The van der Waals surface area contributed by atoms with E-state index in [1.54, 1.807) is 18.2 Å². The minimum atomic E-state index is -3.55. The number of piperidine rings is 1. The highest BCUT2D eigenvalue weighted by atomic mass is 35.5. The van der Waals surface area contributed by atoms with Gasteiger partial charge in [0.15, 0.2) is 0 Å². The topological polar surface area (TPSA) is 78.4 Å². The van der Waals surface area contributed by atoms with E-state index in [0.717, 1.165) is 5.56 Å². The van der Waals surface area contributed by atoms with E-state index in [0.29, 0.717) is 19.5 Å². The smallest absolute Gasteiger partial charge is 0.240 e. The molecule has 0 aliphatic carbocycles. The van der Waals surface area contributed by atoms with Gasteiger partial charge in [0.2, 0.25) is 10.0 Å². The number of β-amino-alcohol motifs (C(OH)–C–C–N with tert-alkyl or cyclic N) is 1. The maximum atomic E-state index is 12.2. The Labute approximate surface area is 119 Å². The van der Waals surface area contributed by atoms with E-state index in [1.807, 2.05) is 13.0 Å². The van der Waals surface area contributed by atoms with Gasteiger partial charge in [0.05, 0.1) is 17.0 Å². The minimum Gasteiger partial charge on any atom is -0.390 e. The zero-order valence-corrected chi connectivity index (χ0v) is 12.3. The molecule has 1 aromatic carbocycles. The lowest BCUT2D eigenvalue weighted by Gasteiger charge is -2.28. The molecule has 0 spiro atoms. The van der Waals surface area contributed by atoms with Crippen LogP contribution in [-0.4, -0.2) is 38.8 Å². The number of halogens is 1. The molecule has 1 aliphatic heterocycles. The summed E-state index contributed by atoms with van der Waals surface area (Å²) in [4.78, 5) is 0.244. The second-order valence-corrected chi connectivity index (χ2v) is 6.32. The number of aliphatic hydroxyl groups is 1. The highest BCUT2D eigenvalue weighted by Crippen LogP contribution is 2.13. The maximum Gasteiger partial charge on any atom is 0.240 e. The first-order valence-electron chi connectivity index (χ1n) is 5.97. The molecule has 1 heterocycles. The fourth-order valence-electron chi connectivity index (χ4n) is 2.03. The number of nitrogens with one attached hydrogen (secondary N) is 2. The summed E-state index contributed by atoms with van der Waals surface area (Å²) in [6, 6.07) is 6.32.